The van der Waals surface area contributed by atoms with Gasteiger partial charge in [-0.2, -0.15) is 0 Å². The number of amides is 1. The van der Waals surface area contributed by atoms with Gasteiger partial charge >= 0.3 is 0 Å². The van der Waals surface area contributed by atoms with Crippen molar-refractivity contribution in [1.29, 1.82) is 0 Å². The maximum Gasteiger partial charge on any atom is 0.269 e. The highest BCUT2D eigenvalue weighted by molar-refractivity contribution is 5.91. The Morgan fingerprint density at radius 1 is 1.14 bits per heavy atom. The highest BCUT2D eigenvalue weighted by atomic mass is 16.2. The topological polar surface area (TPSA) is 90.0 Å². The number of nitrogens with two attached hydrogens (primary N) is 1. The Balaban J connectivity index is 1.86. The third-order valence-electron chi connectivity index (χ3n) is 3.25. The van der Waals surface area contributed by atoms with Gasteiger partial charge in [-0.05, 0) is 36.4 Å². The maximum atomic E-state index is 12.1. The summed E-state index contributed by atoms with van der Waals surface area (Å²) in [5.74, 6) is -0.289. The smallest absolute Gasteiger partial charge is 0.269 e. The summed E-state index contributed by atoms with van der Waals surface area (Å²) in [6.45, 7) is -0.0771. The Morgan fingerprint density at radius 2 is 1.86 bits per heavy atom. The van der Waals surface area contributed by atoms with Crippen molar-refractivity contribution in [3.05, 3.63) is 65.1 Å². The molecule has 0 saturated carbocycles. The minimum Gasteiger partial charge on any atom is -0.399 e. The number of nitrogens with one attached hydrogen (secondary N) is 1. The van der Waals surface area contributed by atoms with Gasteiger partial charge in [0.2, 0.25) is 5.91 Å². The number of nitrogen functional groups attached to an aromatic ring is 1. The first-order valence-corrected chi connectivity index (χ1v) is 6.73. The van der Waals surface area contributed by atoms with Crippen LogP contribution in [0, 0.1) is 0 Å². The molecule has 0 bridgehead atoms. The molecule has 0 saturated heterocycles. The molecule has 0 aliphatic heterocycles. The highest BCUT2D eigenvalue weighted by Gasteiger charge is 2.09. The summed E-state index contributed by atoms with van der Waals surface area (Å²) >= 11 is 0. The molecule has 3 rings (SSSR count). The number of anilines is 2. The SMILES string of the molecule is Nc1ccc(NC(=O)Cn2c(=O)cnc3ccccc32)cc1. The van der Waals surface area contributed by atoms with E-state index >= 15 is 0 Å². The molecule has 1 aromatic heterocycles. The molecule has 0 aliphatic carbocycles. The average Bonchev–Trinajstić information content (AvgIpc) is 2.52. The van der Waals surface area contributed by atoms with Crippen molar-refractivity contribution < 1.29 is 4.79 Å². The first-order valence-electron chi connectivity index (χ1n) is 6.73. The van der Waals surface area contributed by atoms with Gasteiger partial charge in [0.25, 0.3) is 5.56 Å². The van der Waals surface area contributed by atoms with Crippen molar-refractivity contribution in [2.24, 2.45) is 0 Å². The van der Waals surface area contributed by atoms with E-state index in [0.29, 0.717) is 22.4 Å². The number of carbonyl (C=O) groups is 1. The van der Waals surface area contributed by atoms with E-state index in [1.807, 2.05) is 6.07 Å². The van der Waals surface area contributed by atoms with Crippen LogP contribution in [0.5, 0.6) is 0 Å². The molecule has 2 aromatic carbocycles. The molecule has 3 N–H and O–H groups in total. The van der Waals surface area contributed by atoms with Gasteiger partial charge in [0.1, 0.15) is 6.54 Å². The summed E-state index contributed by atoms with van der Waals surface area (Å²) in [6.07, 6.45) is 1.22. The summed E-state index contributed by atoms with van der Waals surface area (Å²) < 4.78 is 1.40. The van der Waals surface area contributed by atoms with Crippen LogP contribution in [0.3, 0.4) is 0 Å². The zero-order valence-corrected chi connectivity index (χ0v) is 11.7. The molecule has 0 spiro atoms. The van der Waals surface area contributed by atoms with Crippen molar-refractivity contribution in [1.82, 2.24) is 9.55 Å². The summed E-state index contributed by atoms with van der Waals surface area (Å²) in [7, 11) is 0. The number of hydrogen-bond donors (Lipinski definition) is 2. The fourth-order valence-electron chi connectivity index (χ4n) is 2.19. The average molecular weight is 294 g/mol. The second-order valence-electron chi connectivity index (χ2n) is 4.84. The van der Waals surface area contributed by atoms with Crippen LogP contribution in [-0.4, -0.2) is 15.5 Å². The first-order chi connectivity index (χ1) is 10.6. The lowest BCUT2D eigenvalue weighted by atomic mass is 10.3. The molecular weight excluding hydrogens is 280 g/mol. The van der Waals surface area contributed by atoms with E-state index in [4.69, 9.17) is 5.73 Å². The Kier molecular flexibility index (Phi) is 3.57. The molecule has 3 aromatic rings. The number of fused-ring (bicyclic) bond motifs is 1. The van der Waals surface area contributed by atoms with Gasteiger partial charge < -0.3 is 11.1 Å². The lowest BCUT2D eigenvalue weighted by Gasteiger charge is -2.10. The Bertz CT molecular complexity index is 885. The molecule has 110 valence electrons. The monoisotopic (exact) mass is 294 g/mol. The van der Waals surface area contributed by atoms with Crippen LogP contribution >= 0.6 is 0 Å². The van der Waals surface area contributed by atoms with Crippen LogP contribution in [0.15, 0.2) is 59.5 Å². The third-order valence-corrected chi connectivity index (χ3v) is 3.25. The standard InChI is InChI=1S/C16H14N4O2/c17-11-5-7-12(8-6-11)19-15(21)10-20-14-4-2-1-3-13(14)18-9-16(20)22/h1-9H,10,17H2,(H,19,21). The first kappa shape index (κ1) is 13.8. The van der Waals surface area contributed by atoms with Crippen LogP contribution in [0.1, 0.15) is 0 Å². The summed E-state index contributed by atoms with van der Waals surface area (Å²) in [5, 5.41) is 2.73. The van der Waals surface area contributed by atoms with Crippen LogP contribution in [0.4, 0.5) is 11.4 Å². The summed E-state index contributed by atoms with van der Waals surface area (Å²) in [5.41, 5.74) is 7.83. The van der Waals surface area contributed by atoms with Crippen molar-refractivity contribution in [3.8, 4) is 0 Å². The largest absolute Gasteiger partial charge is 0.399 e. The lowest BCUT2D eigenvalue weighted by molar-refractivity contribution is -0.116. The number of aromatic nitrogens is 2. The predicted molar refractivity (Wildman–Crippen MR) is 85.5 cm³/mol. The van der Waals surface area contributed by atoms with E-state index < -0.39 is 0 Å². The lowest BCUT2D eigenvalue weighted by Crippen LogP contribution is -2.27. The molecule has 0 fully saturated rings. The van der Waals surface area contributed by atoms with E-state index in [0.717, 1.165) is 0 Å². The number of nitrogens with zero attached hydrogens (tertiary/aromatic N) is 2. The van der Waals surface area contributed by atoms with E-state index in [1.54, 1.807) is 42.5 Å². The molecule has 1 amide bonds. The van der Waals surface area contributed by atoms with E-state index in [2.05, 4.69) is 10.3 Å². The highest BCUT2D eigenvalue weighted by Crippen LogP contribution is 2.11. The Labute approximate surface area is 126 Å². The summed E-state index contributed by atoms with van der Waals surface area (Å²) in [6, 6.07) is 14.0. The molecule has 0 atom stereocenters. The van der Waals surface area contributed by atoms with Gasteiger partial charge in [-0.15, -0.1) is 0 Å². The number of benzene rings is 2. The minimum absolute atomic E-state index is 0.0771. The quantitative estimate of drug-likeness (QED) is 0.718. The van der Waals surface area contributed by atoms with Crippen LogP contribution in [0.2, 0.25) is 0 Å². The second-order valence-corrected chi connectivity index (χ2v) is 4.84. The predicted octanol–water partition coefficient (Wildman–Crippen LogP) is 1.62. The van der Waals surface area contributed by atoms with E-state index in [1.165, 1.54) is 10.8 Å². The molecule has 0 aliphatic rings. The van der Waals surface area contributed by atoms with E-state index in [-0.39, 0.29) is 18.0 Å². The van der Waals surface area contributed by atoms with Gasteiger partial charge in [-0.25, -0.2) is 4.98 Å². The van der Waals surface area contributed by atoms with Gasteiger partial charge in [0, 0.05) is 11.4 Å². The zero-order chi connectivity index (χ0) is 15.5. The van der Waals surface area contributed by atoms with Crippen molar-refractivity contribution >= 4 is 28.3 Å². The second kappa shape index (κ2) is 5.69. The minimum atomic E-state index is -0.314. The van der Waals surface area contributed by atoms with Gasteiger partial charge in [0.15, 0.2) is 0 Å². The van der Waals surface area contributed by atoms with Crippen LogP contribution in [0.25, 0.3) is 11.0 Å². The van der Waals surface area contributed by atoms with Crippen molar-refractivity contribution in [3.63, 3.8) is 0 Å². The van der Waals surface area contributed by atoms with E-state index in [9.17, 15) is 9.59 Å². The summed E-state index contributed by atoms with van der Waals surface area (Å²) in [4.78, 5) is 28.2. The molecule has 6 heteroatoms. The maximum absolute atomic E-state index is 12.1. The fraction of sp³-hybridized carbons (Fsp3) is 0.0625. The van der Waals surface area contributed by atoms with Gasteiger partial charge in [-0.3, -0.25) is 14.2 Å². The Hall–Kier alpha value is -3.15. The van der Waals surface area contributed by atoms with Gasteiger partial charge in [0.05, 0.1) is 17.2 Å². The van der Waals surface area contributed by atoms with Gasteiger partial charge in [-0.1, -0.05) is 12.1 Å². The molecule has 6 nitrogen and oxygen atoms in total. The third kappa shape index (κ3) is 2.80. The fourth-order valence-corrected chi connectivity index (χ4v) is 2.19. The number of para-hydroxylation sites is 2. The van der Waals surface area contributed by atoms with Crippen LogP contribution in [-0.2, 0) is 11.3 Å². The molecule has 22 heavy (non-hydrogen) atoms. The molecule has 0 radical (unpaired) electrons. The number of hydrogen-bond acceptors (Lipinski definition) is 4. The molecular formula is C16H14N4O2. The zero-order valence-electron chi connectivity index (χ0n) is 11.7. The molecule has 1 heterocycles. The Morgan fingerprint density at radius 3 is 2.64 bits per heavy atom. The molecule has 0 unspecified atom stereocenters. The normalized spacial score (nSPS) is 10.5. The van der Waals surface area contributed by atoms with Crippen LogP contribution < -0.4 is 16.6 Å². The number of rotatable bonds is 3. The van der Waals surface area contributed by atoms with Crippen molar-refractivity contribution in [2.75, 3.05) is 11.1 Å². The van der Waals surface area contributed by atoms with Crippen molar-refractivity contribution in [2.45, 2.75) is 6.54 Å². The number of carbonyl (C=O) groups excluding carboxylic acids is 1.